The van der Waals surface area contributed by atoms with E-state index in [-0.39, 0.29) is 11.5 Å². The van der Waals surface area contributed by atoms with Crippen LogP contribution in [0.2, 0.25) is 0 Å². The maximum Gasteiger partial charge on any atom is 0.0693 e. The van der Waals surface area contributed by atoms with Gasteiger partial charge in [0.15, 0.2) is 0 Å². The zero-order chi connectivity index (χ0) is 11.8. The molecule has 0 spiro atoms. The van der Waals surface area contributed by atoms with E-state index in [0.717, 1.165) is 19.3 Å². The van der Waals surface area contributed by atoms with Crippen LogP contribution in [0.3, 0.4) is 0 Å². The molecule has 0 aliphatic heterocycles. The first-order chi connectivity index (χ1) is 7.55. The Bertz CT molecular complexity index is 242. The SMILES string of the molecule is COC1CC(NC2CCCCC2O)C1(C)C. The van der Waals surface area contributed by atoms with Crippen molar-refractivity contribution in [2.24, 2.45) is 5.41 Å². The van der Waals surface area contributed by atoms with Crippen LogP contribution in [0, 0.1) is 5.41 Å². The number of rotatable bonds is 3. The van der Waals surface area contributed by atoms with Crippen LogP contribution < -0.4 is 5.32 Å². The molecule has 0 aromatic heterocycles. The number of ether oxygens (including phenoxy) is 1. The highest BCUT2D eigenvalue weighted by atomic mass is 16.5. The number of methoxy groups -OCH3 is 1. The highest BCUT2D eigenvalue weighted by molar-refractivity contribution is 5.04. The van der Waals surface area contributed by atoms with Crippen LogP contribution in [0.5, 0.6) is 0 Å². The Balaban J connectivity index is 1.86. The maximum absolute atomic E-state index is 9.94. The number of nitrogens with one attached hydrogen (secondary N) is 1. The molecule has 0 amide bonds. The summed E-state index contributed by atoms with van der Waals surface area (Å²) in [6, 6.07) is 0.797. The minimum atomic E-state index is -0.147. The van der Waals surface area contributed by atoms with Crippen molar-refractivity contribution in [3.05, 3.63) is 0 Å². The maximum atomic E-state index is 9.94. The number of hydrogen-bond donors (Lipinski definition) is 2. The van der Waals surface area contributed by atoms with Gasteiger partial charge in [-0.15, -0.1) is 0 Å². The van der Waals surface area contributed by atoms with Crippen molar-refractivity contribution < 1.29 is 9.84 Å². The van der Waals surface area contributed by atoms with Crippen LogP contribution in [0.25, 0.3) is 0 Å². The highest BCUT2D eigenvalue weighted by Gasteiger charge is 2.49. The fourth-order valence-corrected chi connectivity index (χ4v) is 3.13. The fraction of sp³-hybridized carbons (Fsp3) is 1.00. The van der Waals surface area contributed by atoms with Gasteiger partial charge in [0.2, 0.25) is 0 Å². The average molecular weight is 227 g/mol. The molecular formula is C13H25NO2. The van der Waals surface area contributed by atoms with Crippen molar-refractivity contribution in [1.29, 1.82) is 0 Å². The van der Waals surface area contributed by atoms with Crippen LogP contribution in [0.15, 0.2) is 0 Å². The van der Waals surface area contributed by atoms with Gasteiger partial charge >= 0.3 is 0 Å². The summed E-state index contributed by atoms with van der Waals surface area (Å²) in [4.78, 5) is 0. The molecule has 2 rings (SSSR count). The fourth-order valence-electron chi connectivity index (χ4n) is 3.13. The lowest BCUT2D eigenvalue weighted by atomic mass is 9.64. The Kier molecular flexibility index (Phi) is 3.57. The molecule has 0 aromatic rings. The van der Waals surface area contributed by atoms with Crippen LogP contribution in [0.4, 0.5) is 0 Å². The van der Waals surface area contributed by atoms with Crippen LogP contribution in [-0.2, 0) is 4.74 Å². The van der Waals surface area contributed by atoms with Gasteiger partial charge in [0, 0.05) is 24.6 Å². The molecule has 2 aliphatic rings. The summed E-state index contributed by atoms with van der Waals surface area (Å²) < 4.78 is 5.45. The second-order valence-electron chi connectivity index (χ2n) is 5.96. The van der Waals surface area contributed by atoms with E-state index in [0.29, 0.717) is 18.2 Å². The molecule has 0 radical (unpaired) electrons. The van der Waals surface area contributed by atoms with Gasteiger partial charge in [-0.1, -0.05) is 26.7 Å². The predicted molar refractivity (Wildman–Crippen MR) is 64.4 cm³/mol. The molecule has 94 valence electrons. The van der Waals surface area contributed by atoms with Gasteiger partial charge in [-0.3, -0.25) is 0 Å². The smallest absolute Gasteiger partial charge is 0.0693 e. The second-order valence-corrected chi connectivity index (χ2v) is 5.96. The first-order valence-electron chi connectivity index (χ1n) is 6.52. The van der Waals surface area contributed by atoms with Gasteiger partial charge in [0.1, 0.15) is 0 Å². The number of aliphatic hydroxyl groups is 1. The van der Waals surface area contributed by atoms with E-state index in [9.17, 15) is 5.11 Å². The van der Waals surface area contributed by atoms with Crippen molar-refractivity contribution in [3.8, 4) is 0 Å². The molecule has 3 nitrogen and oxygen atoms in total. The lowest BCUT2D eigenvalue weighted by molar-refractivity contribution is -0.105. The Labute approximate surface area is 98.6 Å². The first kappa shape index (κ1) is 12.3. The molecule has 2 N–H and O–H groups in total. The molecule has 2 aliphatic carbocycles. The van der Waals surface area contributed by atoms with E-state index in [4.69, 9.17) is 4.74 Å². The molecule has 0 aromatic carbocycles. The molecule has 3 heteroatoms. The summed E-state index contributed by atoms with van der Waals surface area (Å²) in [7, 11) is 1.79. The van der Waals surface area contributed by atoms with Crippen LogP contribution in [0.1, 0.15) is 46.0 Å². The van der Waals surface area contributed by atoms with E-state index >= 15 is 0 Å². The molecular weight excluding hydrogens is 202 g/mol. The summed E-state index contributed by atoms with van der Waals surface area (Å²) in [5.74, 6) is 0. The molecule has 4 atom stereocenters. The lowest BCUT2D eigenvalue weighted by Crippen LogP contribution is -2.64. The zero-order valence-corrected chi connectivity index (χ0v) is 10.7. The summed E-state index contributed by atoms with van der Waals surface area (Å²) in [6.45, 7) is 4.50. The third-order valence-electron chi connectivity index (χ3n) is 4.61. The van der Waals surface area contributed by atoms with Crippen LogP contribution in [-0.4, -0.2) is 36.5 Å². The summed E-state index contributed by atoms with van der Waals surface area (Å²) in [6.07, 6.45) is 5.79. The van der Waals surface area contributed by atoms with Crippen molar-refractivity contribution in [3.63, 3.8) is 0 Å². The monoisotopic (exact) mass is 227 g/mol. The quantitative estimate of drug-likeness (QED) is 0.771. The van der Waals surface area contributed by atoms with Gasteiger partial charge in [-0.2, -0.15) is 0 Å². The number of hydrogen-bond acceptors (Lipinski definition) is 3. The summed E-state index contributed by atoms with van der Waals surface area (Å²) >= 11 is 0. The Morgan fingerprint density at radius 1 is 1.25 bits per heavy atom. The second kappa shape index (κ2) is 4.63. The third-order valence-corrected chi connectivity index (χ3v) is 4.61. The van der Waals surface area contributed by atoms with E-state index in [1.807, 2.05) is 0 Å². The van der Waals surface area contributed by atoms with Gasteiger partial charge in [0.25, 0.3) is 0 Å². The first-order valence-corrected chi connectivity index (χ1v) is 6.52. The molecule has 2 fully saturated rings. The van der Waals surface area contributed by atoms with Gasteiger partial charge < -0.3 is 15.2 Å². The van der Waals surface area contributed by atoms with Gasteiger partial charge in [-0.05, 0) is 19.3 Å². The van der Waals surface area contributed by atoms with Crippen molar-refractivity contribution >= 4 is 0 Å². The van der Waals surface area contributed by atoms with E-state index in [1.54, 1.807) is 7.11 Å². The highest BCUT2D eigenvalue weighted by Crippen LogP contribution is 2.43. The minimum absolute atomic E-state index is 0.147. The molecule has 0 heterocycles. The Morgan fingerprint density at radius 2 is 1.94 bits per heavy atom. The minimum Gasteiger partial charge on any atom is -0.392 e. The summed E-state index contributed by atoms with van der Waals surface area (Å²) in [5, 5.41) is 13.6. The zero-order valence-electron chi connectivity index (χ0n) is 10.7. The van der Waals surface area contributed by atoms with Crippen molar-refractivity contribution in [1.82, 2.24) is 5.32 Å². The summed E-state index contributed by atoms with van der Waals surface area (Å²) in [5.41, 5.74) is 0.200. The Morgan fingerprint density at radius 3 is 2.50 bits per heavy atom. The molecule has 0 bridgehead atoms. The van der Waals surface area contributed by atoms with Crippen molar-refractivity contribution in [2.75, 3.05) is 7.11 Å². The van der Waals surface area contributed by atoms with Gasteiger partial charge in [-0.25, -0.2) is 0 Å². The lowest BCUT2D eigenvalue weighted by Gasteiger charge is -2.53. The van der Waals surface area contributed by atoms with Gasteiger partial charge in [0.05, 0.1) is 12.2 Å². The number of aliphatic hydroxyl groups excluding tert-OH is 1. The third kappa shape index (κ3) is 2.13. The average Bonchev–Trinajstić information content (AvgIpc) is 2.26. The van der Waals surface area contributed by atoms with E-state index in [1.165, 1.54) is 12.8 Å². The predicted octanol–water partition coefficient (Wildman–Crippen LogP) is 1.69. The molecule has 16 heavy (non-hydrogen) atoms. The standard InChI is InChI=1S/C13H25NO2/c1-13(2)11(8-12(13)16-3)14-9-6-4-5-7-10(9)15/h9-12,14-15H,4-8H2,1-3H3. The molecule has 2 saturated carbocycles. The van der Waals surface area contributed by atoms with E-state index < -0.39 is 0 Å². The Hall–Kier alpha value is -0.120. The van der Waals surface area contributed by atoms with Crippen LogP contribution >= 0.6 is 0 Å². The van der Waals surface area contributed by atoms with Crippen molar-refractivity contribution in [2.45, 2.75) is 70.2 Å². The van der Waals surface area contributed by atoms with E-state index in [2.05, 4.69) is 19.2 Å². The molecule has 4 unspecified atom stereocenters. The normalized spacial score (nSPS) is 42.8. The molecule has 0 saturated heterocycles. The topological polar surface area (TPSA) is 41.5 Å². The largest absolute Gasteiger partial charge is 0.392 e.